The van der Waals surface area contributed by atoms with Crippen molar-refractivity contribution >= 4 is 21.4 Å². The number of hydrogen-bond acceptors (Lipinski definition) is 4. The number of rotatable bonds is 3. The van der Waals surface area contributed by atoms with Crippen molar-refractivity contribution in [3.63, 3.8) is 0 Å². The van der Waals surface area contributed by atoms with Crippen molar-refractivity contribution in [1.29, 1.82) is 0 Å². The van der Waals surface area contributed by atoms with E-state index in [2.05, 4.69) is 0 Å². The van der Waals surface area contributed by atoms with E-state index in [-0.39, 0.29) is 4.90 Å². The van der Waals surface area contributed by atoms with Gasteiger partial charge in [0.25, 0.3) is 0 Å². The topological polar surface area (TPSA) is 80.4 Å². The summed E-state index contributed by atoms with van der Waals surface area (Å²) in [4.78, 5) is 0.641. The van der Waals surface area contributed by atoms with Crippen LogP contribution < -0.4 is 5.14 Å². The van der Waals surface area contributed by atoms with Gasteiger partial charge in [-0.3, -0.25) is 0 Å². The zero-order valence-corrected chi connectivity index (χ0v) is 10.4. The first-order chi connectivity index (χ1) is 8.00. The Morgan fingerprint density at radius 1 is 1.18 bits per heavy atom. The lowest BCUT2D eigenvalue weighted by atomic mass is 10.1. The lowest BCUT2D eigenvalue weighted by Gasteiger charge is -2.12. The van der Waals surface area contributed by atoms with E-state index in [4.69, 9.17) is 5.14 Å². The molecule has 1 heterocycles. The van der Waals surface area contributed by atoms with E-state index in [1.165, 1.54) is 17.4 Å². The van der Waals surface area contributed by atoms with Gasteiger partial charge in [-0.05, 0) is 17.5 Å². The van der Waals surface area contributed by atoms with Crippen molar-refractivity contribution in [3.05, 3.63) is 52.2 Å². The predicted molar refractivity (Wildman–Crippen MR) is 66.2 cm³/mol. The number of aliphatic hydroxyl groups is 1. The van der Waals surface area contributed by atoms with Gasteiger partial charge < -0.3 is 5.11 Å². The molecule has 0 bridgehead atoms. The Morgan fingerprint density at radius 3 is 2.47 bits per heavy atom. The zero-order valence-electron chi connectivity index (χ0n) is 8.78. The van der Waals surface area contributed by atoms with Crippen molar-refractivity contribution < 1.29 is 13.5 Å². The molecule has 6 heteroatoms. The van der Waals surface area contributed by atoms with Crippen molar-refractivity contribution in [1.82, 2.24) is 0 Å². The Bertz CT molecular complexity index is 605. The van der Waals surface area contributed by atoms with Gasteiger partial charge in [-0.1, -0.05) is 24.3 Å². The number of benzene rings is 1. The van der Waals surface area contributed by atoms with E-state index < -0.39 is 16.1 Å². The number of sulfonamides is 1. The Labute approximate surface area is 103 Å². The lowest BCUT2D eigenvalue weighted by molar-refractivity contribution is 0.221. The number of thiophene rings is 1. The number of aliphatic hydroxyl groups excluding tert-OH is 1. The molecule has 1 aromatic heterocycles. The Balaban J connectivity index is 2.53. The van der Waals surface area contributed by atoms with E-state index >= 15 is 0 Å². The summed E-state index contributed by atoms with van der Waals surface area (Å²) in [5.41, 5.74) is 0.303. The van der Waals surface area contributed by atoms with Crippen LogP contribution in [0.4, 0.5) is 0 Å². The van der Waals surface area contributed by atoms with Gasteiger partial charge in [-0.15, -0.1) is 11.3 Å². The highest BCUT2D eigenvalue weighted by Gasteiger charge is 2.20. The van der Waals surface area contributed by atoms with Gasteiger partial charge in [0.2, 0.25) is 10.0 Å². The first-order valence-electron chi connectivity index (χ1n) is 4.83. The van der Waals surface area contributed by atoms with Crippen LogP contribution in [-0.4, -0.2) is 13.5 Å². The summed E-state index contributed by atoms with van der Waals surface area (Å²) in [7, 11) is -3.82. The maximum absolute atomic E-state index is 11.4. The van der Waals surface area contributed by atoms with Gasteiger partial charge in [-0.25, -0.2) is 13.6 Å². The summed E-state index contributed by atoms with van der Waals surface area (Å²) in [5.74, 6) is 0. The van der Waals surface area contributed by atoms with E-state index in [1.54, 1.807) is 30.3 Å². The lowest BCUT2D eigenvalue weighted by Crippen LogP contribution is -2.16. The molecule has 17 heavy (non-hydrogen) atoms. The van der Waals surface area contributed by atoms with Gasteiger partial charge in [0.15, 0.2) is 0 Å². The first kappa shape index (κ1) is 12.3. The molecular weight excluding hydrogens is 258 g/mol. The minimum absolute atomic E-state index is 0.0408. The summed E-state index contributed by atoms with van der Waals surface area (Å²) in [5, 5.41) is 17.0. The molecule has 3 N–H and O–H groups in total. The molecule has 0 fully saturated rings. The summed E-state index contributed by atoms with van der Waals surface area (Å²) in [6, 6.07) is 9.73. The smallest absolute Gasteiger partial charge is 0.238 e. The van der Waals surface area contributed by atoms with E-state index in [0.29, 0.717) is 10.4 Å². The Hall–Kier alpha value is -1.21. The standard InChI is InChI=1S/C11H11NO3S2/c12-17(14,15)10-6-2-1-4-8(10)11(13)9-5-3-7-16-9/h1-7,11,13H,(H2,12,14,15). The number of hydrogen-bond donors (Lipinski definition) is 2. The third-order valence-corrected chi connectivity index (χ3v) is 4.24. The van der Waals surface area contributed by atoms with Crippen LogP contribution >= 0.6 is 11.3 Å². The maximum atomic E-state index is 11.4. The second-order valence-electron chi connectivity index (χ2n) is 3.50. The van der Waals surface area contributed by atoms with E-state index in [1.807, 2.05) is 5.38 Å². The molecule has 1 unspecified atom stereocenters. The molecule has 0 saturated heterocycles. The summed E-state index contributed by atoms with van der Waals surface area (Å²) in [6.07, 6.45) is -0.968. The van der Waals surface area contributed by atoms with Crippen LogP contribution in [-0.2, 0) is 10.0 Å². The molecule has 0 radical (unpaired) electrons. The van der Waals surface area contributed by atoms with Crippen LogP contribution in [0.5, 0.6) is 0 Å². The van der Waals surface area contributed by atoms with Gasteiger partial charge in [0, 0.05) is 10.4 Å². The monoisotopic (exact) mass is 269 g/mol. The van der Waals surface area contributed by atoms with Crippen LogP contribution in [0.15, 0.2) is 46.7 Å². The van der Waals surface area contributed by atoms with Crippen LogP contribution in [0.1, 0.15) is 16.5 Å². The van der Waals surface area contributed by atoms with Crippen molar-refractivity contribution in [2.24, 2.45) is 5.14 Å². The average Bonchev–Trinajstić information content (AvgIpc) is 2.80. The van der Waals surface area contributed by atoms with Crippen molar-refractivity contribution in [2.75, 3.05) is 0 Å². The SMILES string of the molecule is NS(=O)(=O)c1ccccc1C(O)c1cccs1. The van der Waals surface area contributed by atoms with Crippen LogP contribution in [0, 0.1) is 0 Å². The molecule has 0 aliphatic heterocycles. The maximum Gasteiger partial charge on any atom is 0.238 e. The zero-order chi connectivity index (χ0) is 12.5. The van der Waals surface area contributed by atoms with Gasteiger partial charge in [-0.2, -0.15) is 0 Å². The minimum Gasteiger partial charge on any atom is -0.383 e. The second kappa shape index (κ2) is 4.58. The summed E-state index contributed by atoms with van der Waals surface area (Å²) in [6.45, 7) is 0. The largest absolute Gasteiger partial charge is 0.383 e. The van der Waals surface area contributed by atoms with E-state index in [0.717, 1.165) is 0 Å². The Kier molecular flexibility index (Phi) is 3.30. The highest BCUT2D eigenvalue weighted by molar-refractivity contribution is 7.89. The van der Waals surface area contributed by atoms with Gasteiger partial charge in [0.05, 0.1) is 4.90 Å². The molecule has 0 spiro atoms. The molecule has 4 nitrogen and oxygen atoms in total. The quantitative estimate of drug-likeness (QED) is 0.885. The van der Waals surface area contributed by atoms with Crippen molar-refractivity contribution in [3.8, 4) is 0 Å². The van der Waals surface area contributed by atoms with Crippen LogP contribution in [0.3, 0.4) is 0 Å². The molecule has 0 aliphatic rings. The third-order valence-electron chi connectivity index (χ3n) is 2.33. The molecule has 0 aliphatic carbocycles. The fourth-order valence-electron chi connectivity index (χ4n) is 1.57. The summed E-state index contributed by atoms with van der Waals surface area (Å²) < 4.78 is 22.8. The highest BCUT2D eigenvalue weighted by Crippen LogP contribution is 2.29. The molecule has 1 atom stereocenters. The predicted octanol–water partition coefficient (Wildman–Crippen LogP) is 1.48. The molecule has 2 aromatic rings. The number of nitrogens with two attached hydrogens (primary N) is 1. The fourth-order valence-corrected chi connectivity index (χ4v) is 3.07. The fraction of sp³-hybridized carbons (Fsp3) is 0.0909. The van der Waals surface area contributed by atoms with E-state index in [9.17, 15) is 13.5 Å². The van der Waals surface area contributed by atoms with Gasteiger partial charge in [0.1, 0.15) is 6.10 Å². The normalized spacial score (nSPS) is 13.5. The molecule has 0 amide bonds. The average molecular weight is 269 g/mol. The molecule has 1 aromatic carbocycles. The second-order valence-corrected chi connectivity index (χ2v) is 6.01. The third kappa shape index (κ3) is 2.55. The molecule has 2 rings (SSSR count). The Morgan fingerprint density at radius 2 is 1.88 bits per heavy atom. The minimum atomic E-state index is -3.82. The van der Waals surface area contributed by atoms with Crippen molar-refractivity contribution in [2.45, 2.75) is 11.0 Å². The molecule has 0 saturated carbocycles. The van der Waals surface area contributed by atoms with Gasteiger partial charge >= 0.3 is 0 Å². The summed E-state index contributed by atoms with van der Waals surface area (Å²) >= 11 is 1.36. The molecule has 90 valence electrons. The van der Waals surface area contributed by atoms with Crippen LogP contribution in [0.25, 0.3) is 0 Å². The molecular formula is C11H11NO3S2. The number of primary sulfonamides is 1. The van der Waals surface area contributed by atoms with Crippen LogP contribution in [0.2, 0.25) is 0 Å². The first-order valence-corrected chi connectivity index (χ1v) is 7.26. The highest BCUT2D eigenvalue weighted by atomic mass is 32.2.